The molecule has 1 aliphatic heterocycles. The van der Waals surface area contributed by atoms with Gasteiger partial charge in [-0.25, -0.2) is 0 Å². The second kappa shape index (κ2) is 4.57. The molecule has 1 amide bonds. The molecule has 114 valence electrons. The molecule has 3 nitrogen and oxygen atoms in total. The summed E-state index contributed by atoms with van der Waals surface area (Å²) in [7, 11) is 0. The van der Waals surface area contributed by atoms with Crippen molar-refractivity contribution in [3.05, 3.63) is 33.4 Å². The van der Waals surface area contributed by atoms with Crippen LogP contribution in [0.25, 0.3) is 0 Å². The Kier molecular flexibility index (Phi) is 3.17. The Morgan fingerprint density at radius 2 is 1.38 bits per heavy atom. The van der Waals surface area contributed by atoms with Crippen molar-refractivity contribution in [3.63, 3.8) is 0 Å². The number of likely N-dealkylation sites (tertiary alicyclic amines) is 1. The summed E-state index contributed by atoms with van der Waals surface area (Å²) < 4.78 is 0. The summed E-state index contributed by atoms with van der Waals surface area (Å²) in [6.07, 6.45) is 2.22. The number of hydrogen-bond acceptors (Lipinski definition) is 2. The van der Waals surface area contributed by atoms with Gasteiger partial charge in [0.2, 0.25) is 0 Å². The van der Waals surface area contributed by atoms with Crippen LogP contribution in [0.15, 0.2) is 0 Å². The van der Waals surface area contributed by atoms with Gasteiger partial charge in [0, 0.05) is 5.56 Å². The Labute approximate surface area is 127 Å². The zero-order valence-electron chi connectivity index (χ0n) is 13.7. The topological polar surface area (TPSA) is 40.5 Å². The second-order valence-electron chi connectivity index (χ2n) is 7.04. The summed E-state index contributed by atoms with van der Waals surface area (Å²) in [6.45, 7) is 11.4. The van der Waals surface area contributed by atoms with Crippen molar-refractivity contribution in [2.75, 3.05) is 13.1 Å². The van der Waals surface area contributed by atoms with Crippen LogP contribution < -0.4 is 0 Å². The van der Waals surface area contributed by atoms with E-state index in [1.165, 1.54) is 16.7 Å². The van der Waals surface area contributed by atoms with Gasteiger partial charge in [-0.15, -0.1) is 0 Å². The molecule has 0 unspecified atom stereocenters. The number of nitrogens with zero attached hydrogens (tertiary/aromatic N) is 1. The molecule has 0 atom stereocenters. The van der Waals surface area contributed by atoms with Crippen LogP contribution in [0.3, 0.4) is 0 Å². The maximum Gasteiger partial charge on any atom is 0.254 e. The Balaban J connectivity index is 1.89. The average Bonchev–Trinajstić information content (AvgIpc) is 3.24. The average molecular weight is 287 g/mol. The number of benzene rings is 1. The number of β-amino-alcohol motifs (C(OH)–C–C–N with tert-alkyl or cyclic N) is 1. The Bertz CT molecular complexity index is 594. The SMILES string of the molecule is Cc1c(C)c(C)c(C(=O)N2CC(O)(C3CC3)C2)c(C)c1C. The minimum Gasteiger partial charge on any atom is -0.386 e. The number of hydrogen-bond donors (Lipinski definition) is 1. The maximum absolute atomic E-state index is 12.8. The van der Waals surface area contributed by atoms with Crippen molar-refractivity contribution in [1.29, 1.82) is 0 Å². The van der Waals surface area contributed by atoms with E-state index >= 15 is 0 Å². The molecule has 1 saturated heterocycles. The zero-order chi connectivity index (χ0) is 15.5. The lowest BCUT2D eigenvalue weighted by molar-refractivity contribution is -0.0958. The lowest BCUT2D eigenvalue weighted by Crippen LogP contribution is -2.64. The van der Waals surface area contributed by atoms with Crippen LogP contribution in [0.1, 0.15) is 51.0 Å². The molecule has 1 aromatic rings. The van der Waals surface area contributed by atoms with Crippen molar-refractivity contribution in [3.8, 4) is 0 Å². The van der Waals surface area contributed by atoms with Crippen molar-refractivity contribution >= 4 is 5.91 Å². The number of aliphatic hydroxyl groups is 1. The fourth-order valence-corrected chi connectivity index (χ4v) is 3.62. The van der Waals surface area contributed by atoms with E-state index in [2.05, 4.69) is 20.8 Å². The summed E-state index contributed by atoms with van der Waals surface area (Å²) in [5.74, 6) is 0.506. The largest absolute Gasteiger partial charge is 0.386 e. The van der Waals surface area contributed by atoms with Gasteiger partial charge >= 0.3 is 0 Å². The van der Waals surface area contributed by atoms with E-state index in [-0.39, 0.29) is 5.91 Å². The molecular weight excluding hydrogens is 262 g/mol. The Morgan fingerprint density at radius 3 is 1.81 bits per heavy atom. The van der Waals surface area contributed by atoms with E-state index < -0.39 is 5.60 Å². The molecule has 0 radical (unpaired) electrons. The molecule has 2 fully saturated rings. The zero-order valence-corrected chi connectivity index (χ0v) is 13.7. The summed E-state index contributed by atoms with van der Waals surface area (Å²) in [4.78, 5) is 14.6. The molecule has 1 saturated carbocycles. The Morgan fingerprint density at radius 1 is 0.952 bits per heavy atom. The van der Waals surface area contributed by atoms with Crippen molar-refractivity contribution in [1.82, 2.24) is 4.90 Å². The maximum atomic E-state index is 12.8. The third-order valence-electron chi connectivity index (χ3n) is 5.77. The molecule has 21 heavy (non-hydrogen) atoms. The van der Waals surface area contributed by atoms with E-state index in [1.807, 2.05) is 18.7 Å². The van der Waals surface area contributed by atoms with Crippen LogP contribution in [-0.2, 0) is 0 Å². The highest BCUT2D eigenvalue weighted by molar-refractivity contribution is 5.98. The predicted octanol–water partition coefficient (Wildman–Crippen LogP) is 2.83. The van der Waals surface area contributed by atoms with Gasteiger partial charge < -0.3 is 10.0 Å². The van der Waals surface area contributed by atoms with Crippen LogP contribution in [-0.4, -0.2) is 34.6 Å². The highest BCUT2D eigenvalue weighted by Gasteiger charge is 2.53. The smallest absolute Gasteiger partial charge is 0.254 e. The van der Waals surface area contributed by atoms with Gasteiger partial charge in [-0.05, 0) is 81.2 Å². The predicted molar refractivity (Wildman–Crippen MR) is 83.7 cm³/mol. The van der Waals surface area contributed by atoms with Crippen LogP contribution in [0.5, 0.6) is 0 Å². The van der Waals surface area contributed by atoms with Gasteiger partial charge in [0.15, 0.2) is 0 Å². The van der Waals surface area contributed by atoms with E-state index in [0.717, 1.165) is 29.5 Å². The summed E-state index contributed by atoms with van der Waals surface area (Å²) in [5.41, 5.74) is 6.10. The van der Waals surface area contributed by atoms with Crippen molar-refractivity contribution in [2.45, 2.75) is 53.1 Å². The highest BCUT2D eigenvalue weighted by atomic mass is 16.3. The van der Waals surface area contributed by atoms with Gasteiger partial charge in [0.1, 0.15) is 5.60 Å². The Hall–Kier alpha value is -1.35. The third-order valence-corrected chi connectivity index (χ3v) is 5.77. The minimum absolute atomic E-state index is 0.0847. The lowest BCUT2D eigenvalue weighted by atomic mass is 9.85. The van der Waals surface area contributed by atoms with E-state index in [0.29, 0.717) is 19.0 Å². The molecule has 0 spiro atoms. The molecule has 0 aromatic heterocycles. The van der Waals surface area contributed by atoms with Crippen LogP contribution in [0.4, 0.5) is 0 Å². The molecule has 1 aliphatic carbocycles. The number of carbonyl (C=O) groups is 1. The van der Waals surface area contributed by atoms with E-state index in [4.69, 9.17) is 0 Å². The first-order chi connectivity index (χ1) is 9.76. The van der Waals surface area contributed by atoms with E-state index in [1.54, 1.807) is 0 Å². The van der Waals surface area contributed by atoms with Gasteiger partial charge in [-0.2, -0.15) is 0 Å². The molecule has 2 aliphatic rings. The number of amides is 1. The molecule has 3 heteroatoms. The fraction of sp³-hybridized carbons (Fsp3) is 0.611. The standard InChI is InChI=1S/C18H25NO2/c1-10-11(2)13(4)16(14(5)12(10)3)17(20)19-8-18(21,9-19)15-6-7-15/h15,21H,6-9H2,1-5H3. The first-order valence-corrected chi connectivity index (χ1v) is 7.85. The molecule has 1 heterocycles. The molecule has 3 rings (SSSR count). The molecule has 1 N–H and O–H groups in total. The van der Waals surface area contributed by atoms with Crippen LogP contribution in [0, 0.1) is 40.5 Å². The molecule has 0 bridgehead atoms. The van der Waals surface area contributed by atoms with Gasteiger partial charge in [0.25, 0.3) is 5.91 Å². The monoisotopic (exact) mass is 287 g/mol. The van der Waals surface area contributed by atoms with Gasteiger partial charge in [-0.1, -0.05) is 0 Å². The fourth-order valence-electron chi connectivity index (χ4n) is 3.62. The highest BCUT2D eigenvalue weighted by Crippen LogP contribution is 2.45. The molecule has 1 aromatic carbocycles. The lowest BCUT2D eigenvalue weighted by Gasteiger charge is -2.47. The van der Waals surface area contributed by atoms with Gasteiger partial charge in [0.05, 0.1) is 13.1 Å². The van der Waals surface area contributed by atoms with Crippen molar-refractivity contribution in [2.24, 2.45) is 5.92 Å². The first-order valence-electron chi connectivity index (χ1n) is 7.85. The summed E-state index contributed by atoms with van der Waals surface area (Å²) in [6, 6.07) is 0. The van der Waals surface area contributed by atoms with Crippen LogP contribution in [0.2, 0.25) is 0 Å². The normalized spacial score (nSPS) is 20.4. The second-order valence-corrected chi connectivity index (χ2v) is 7.04. The van der Waals surface area contributed by atoms with Gasteiger partial charge in [-0.3, -0.25) is 4.79 Å². The molecular formula is C18H25NO2. The number of rotatable bonds is 2. The number of carbonyl (C=O) groups excluding carboxylic acids is 1. The van der Waals surface area contributed by atoms with Crippen molar-refractivity contribution < 1.29 is 9.90 Å². The van der Waals surface area contributed by atoms with Crippen LogP contribution >= 0.6 is 0 Å². The third kappa shape index (κ3) is 2.10. The summed E-state index contributed by atoms with van der Waals surface area (Å²) >= 11 is 0. The quantitative estimate of drug-likeness (QED) is 0.908. The minimum atomic E-state index is -0.605. The summed E-state index contributed by atoms with van der Waals surface area (Å²) in [5, 5.41) is 10.4. The first kappa shape index (κ1) is 14.6. The van der Waals surface area contributed by atoms with E-state index in [9.17, 15) is 9.90 Å².